The fourth-order valence-corrected chi connectivity index (χ4v) is 0.847. The summed E-state index contributed by atoms with van der Waals surface area (Å²) in [6, 6.07) is 0.671. The summed E-state index contributed by atoms with van der Waals surface area (Å²) in [7, 11) is 0. The van der Waals surface area contributed by atoms with Crippen LogP contribution in [-0.4, -0.2) is 23.2 Å². The molecule has 1 heterocycles. The van der Waals surface area contributed by atoms with Gasteiger partial charge in [-0.25, -0.2) is 0 Å². The fourth-order valence-electron chi connectivity index (χ4n) is 0.680. The molecule has 0 bridgehead atoms. The Balaban J connectivity index is 2.84. The number of ether oxygens (including phenoxy) is 2. The number of alkyl halides is 4. The zero-order valence-corrected chi connectivity index (χ0v) is 7.59. The monoisotopic (exact) mass is 246 g/mol. The van der Waals surface area contributed by atoms with Crippen LogP contribution in [0.25, 0.3) is 0 Å². The van der Waals surface area contributed by atoms with E-state index in [-0.39, 0.29) is 0 Å². The molecule has 0 aliphatic heterocycles. The van der Waals surface area contributed by atoms with Crippen LogP contribution in [-0.2, 0) is 0 Å². The van der Waals surface area contributed by atoms with Crippen molar-refractivity contribution in [3.8, 4) is 11.8 Å². The summed E-state index contributed by atoms with van der Waals surface area (Å²) in [5, 5.41) is -0.538. The number of hydrogen-bond donors (Lipinski definition) is 0. The lowest BCUT2D eigenvalue weighted by molar-refractivity contribution is -0.0581. The first-order valence-electron chi connectivity index (χ1n) is 3.41. The third-order valence-electron chi connectivity index (χ3n) is 1.07. The van der Waals surface area contributed by atoms with E-state index in [2.05, 4.69) is 19.4 Å². The Hall–Kier alpha value is -1.31. The van der Waals surface area contributed by atoms with E-state index in [9.17, 15) is 17.6 Å². The lowest BCUT2D eigenvalue weighted by atomic mass is 10.6. The Morgan fingerprint density at radius 3 is 1.73 bits per heavy atom. The van der Waals surface area contributed by atoms with Crippen LogP contribution in [0.4, 0.5) is 17.6 Å². The maximum atomic E-state index is 11.7. The number of rotatable bonds is 4. The van der Waals surface area contributed by atoms with Crippen LogP contribution < -0.4 is 9.47 Å². The van der Waals surface area contributed by atoms with E-state index < -0.39 is 30.3 Å². The predicted octanol–water partition coefficient (Wildman–Crippen LogP) is 2.33. The van der Waals surface area contributed by atoms with E-state index in [4.69, 9.17) is 11.6 Å². The smallest absolute Gasteiger partial charge is 0.388 e. The third kappa shape index (κ3) is 4.15. The van der Waals surface area contributed by atoms with E-state index in [1.807, 2.05) is 0 Å². The van der Waals surface area contributed by atoms with Crippen LogP contribution in [0.15, 0.2) is 6.07 Å². The summed E-state index contributed by atoms with van der Waals surface area (Å²) in [6.07, 6.45) is 0. The molecule has 0 unspecified atom stereocenters. The van der Waals surface area contributed by atoms with Crippen molar-refractivity contribution < 1.29 is 27.0 Å². The van der Waals surface area contributed by atoms with Gasteiger partial charge in [0.25, 0.3) is 0 Å². The summed E-state index contributed by atoms with van der Waals surface area (Å²) in [4.78, 5) is 6.42. The normalized spacial score (nSPS) is 10.9. The molecule has 0 amide bonds. The van der Waals surface area contributed by atoms with E-state index in [0.29, 0.717) is 6.07 Å². The van der Waals surface area contributed by atoms with Crippen molar-refractivity contribution in [3.63, 3.8) is 0 Å². The average molecular weight is 247 g/mol. The summed E-state index contributed by atoms with van der Waals surface area (Å²) in [5.41, 5.74) is 0. The minimum absolute atomic E-state index is 0.538. The Labute approximate surface area is 85.8 Å². The van der Waals surface area contributed by atoms with Crippen LogP contribution in [0.1, 0.15) is 0 Å². The van der Waals surface area contributed by atoms with Gasteiger partial charge in [-0.3, -0.25) is 0 Å². The van der Waals surface area contributed by atoms with Crippen LogP contribution >= 0.6 is 11.6 Å². The molecule has 9 heteroatoms. The van der Waals surface area contributed by atoms with Crippen LogP contribution in [0.2, 0.25) is 5.28 Å². The average Bonchev–Trinajstić information content (AvgIpc) is 1.98. The molecule has 0 aliphatic rings. The number of halogens is 5. The summed E-state index contributed by atoms with van der Waals surface area (Å²) >= 11 is 5.24. The highest BCUT2D eigenvalue weighted by molar-refractivity contribution is 6.28. The molecule has 0 aliphatic carbocycles. The van der Waals surface area contributed by atoms with Crippen LogP contribution in [0.5, 0.6) is 11.8 Å². The maximum Gasteiger partial charge on any atom is 0.388 e. The topological polar surface area (TPSA) is 44.2 Å². The van der Waals surface area contributed by atoms with Gasteiger partial charge in [0.15, 0.2) is 0 Å². The Bertz CT molecular complexity index is 311. The summed E-state index contributed by atoms with van der Waals surface area (Å²) in [6.45, 7) is -6.29. The van der Waals surface area contributed by atoms with Gasteiger partial charge in [-0.05, 0) is 11.6 Å². The van der Waals surface area contributed by atoms with E-state index in [0.717, 1.165) is 0 Å². The van der Waals surface area contributed by atoms with Crippen molar-refractivity contribution in [2.75, 3.05) is 0 Å². The lowest BCUT2D eigenvalue weighted by Gasteiger charge is -2.06. The molecular weight excluding hydrogens is 244 g/mol. The first kappa shape index (κ1) is 11.8. The number of nitrogens with zero attached hydrogens (tertiary/aromatic N) is 2. The van der Waals surface area contributed by atoms with Crippen molar-refractivity contribution in [2.24, 2.45) is 0 Å². The third-order valence-corrected chi connectivity index (χ3v) is 1.24. The second kappa shape index (κ2) is 4.96. The zero-order valence-electron chi connectivity index (χ0n) is 6.83. The molecule has 0 aromatic carbocycles. The van der Waals surface area contributed by atoms with Gasteiger partial charge in [-0.15, -0.1) is 0 Å². The Kier molecular flexibility index (Phi) is 3.89. The van der Waals surface area contributed by atoms with Crippen molar-refractivity contribution in [2.45, 2.75) is 13.2 Å². The molecular formula is C6H3ClF4N2O2. The summed E-state index contributed by atoms with van der Waals surface area (Å²) < 4.78 is 54.6. The van der Waals surface area contributed by atoms with Crippen molar-refractivity contribution in [3.05, 3.63) is 11.3 Å². The molecule has 0 spiro atoms. The van der Waals surface area contributed by atoms with Gasteiger partial charge >= 0.3 is 13.2 Å². The molecule has 0 saturated carbocycles. The highest BCUT2D eigenvalue weighted by Crippen LogP contribution is 2.20. The molecule has 1 aromatic rings. The molecule has 0 N–H and O–H groups in total. The molecule has 4 nitrogen and oxygen atoms in total. The van der Waals surface area contributed by atoms with Gasteiger partial charge in [0.2, 0.25) is 17.0 Å². The fraction of sp³-hybridized carbons (Fsp3) is 0.333. The number of aromatic nitrogens is 2. The highest BCUT2D eigenvalue weighted by Gasteiger charge is 2.12. The molecule has 84 valence electrons. The first-order valence-corrected chi connectivity index (χ1v) is 3.79. The minimum Gasteiger partial charge on any atom is -0.417 e. The zero-order chi connectivity index (χ0) is 11.4. The van der Waals surface area contributed by atoms with Gasteiger partial charge < -0.3 is 9.47 Å². The Morgan fingerprint density at radius 1 is 1.00 bits per heavy atom. The van der Waals surface area contributed by atoms with Crippen LogP contribution in [0.3, 0.4) is 0 Å². The van der Waals surface area contributed by atoms with Crippen molar-refractivity contribution in [1.82, 2.24) is 9.97 Å². The molecule has 0 radical (unpaired) electrons. The van der Waals surface area contributed by atoms with Crippen LogP contribution in [0, 0.1) is 0 Å². The van der Waals surface area contributed by atoms with E-state index in [1.165, 1.54) is 0 Å². The van der Waals surface area contributed by atoms with Gasteiger partial charge in [0, 0.05) is 0 Å². The van der Waals surface area contributed by atoms with Gasteiger partial charge in [0.05, 0.1) is 6.07 Å². The molecule has 1 aromatic heterocycles. The second-order valence-corrected chi connectivity index (χ2v) is 2.41. The largest absolute Gasteiger partial charge is 0.417 e. The first-order chi connectivity index (χ1) is 6.97. The Morgan fingerprint density at radius 2 is 1.40 bits per heavy atom. The van der Waals surface area contributed by atoms with E-state index in [1.54, 1.807) is 0 Å². The van der Waals surface area contributed by atoms with Crippen molar-refractivity contribution in [1.29, 1.82) is 0 Å². The quantitative estimate of drug-likeness (QED) is 0.604. The summed E-state index contributed by atoms with van der Waals surface area (Å²) in [5.74, 6) is -1.30. The SMILES string of the molecule is FC(F)Oc1cc(OC(F)F)nc(Cl)n1. The molecule has 0 atom stereocenters. The minimum atomic E-state index is -3.14. The van der Waals surface area contributed by atoms with Gasteiger partial charge in [0.1, 0.15) is 0 Å². The lowest BCUT2D eigenvalue weighted by Crippen LogP contribution is -2.07. The van der Waals surface area contributed by atoms with E-state index >= 15 is 0 Å². The molecule has 0 saturated heterocycles. The predicted molar refractivity (Wildman–Crippen MR) is 40.3 cm³/mol. The second-order valence-electron chi connectivity index (χ2n) is 2.07. The maximum absolute atomic E-state index is 11.7. The van der Waals surface area contributed by atoms with Crippen molar-refractivity contribution >= 4 is 11.6 Å². The highest BCUT2D eigenvalue weighted by atomic mass is 35.5. The molecule has 0 fully saturated rings. The van der Waals surface area contributed by atoms with Gasteiger partial charge in [-0.2, -0.15) is 27.5 Å². The number of hydrogen-bond acceptors (Lipinski definition) is 4. The molecule has 15 heavy (non-hydrogen) atoms. The van der Waals surface area contributed by atoms with Gasteiger partial charge in [-0.1, -0.05) is 0 Å². The molecule has 1 rings (SSSR count). The standard InChI is InChI=1S/C6H3ClF4N2O2/c7-4-12-2(14-5(8)9)1-3(13-4)15-6(10)11/h1,5-6H.